The molecule has 0 aliphatic carbocycles. The van der Waals surface area contributed by atoms with Crippen molar-refractivity contribution in [1.29, 1.82) is 0 Å². The molecule has 2 atom stereocenters. The van der Waals surface area contributed by atoms with Crippen LogP contribution in [-0.2, 0) is 16.1 Å². The summed E-state index contributed by atoms with van der Waals surface area (Å²) in [6.07, 6.45) is 4.92. The topological polar surface area (TPSA) is 163 Å². The van der Waals surface area contributed by atoms with Gasteiger partial charge in [-0.25, -0.2) is 0 Å². The number of carbonyl (C=O) groups excluding carboxylic acids is 3. The standard InChI is InChI=1S/C25H28N6O5S/c1-35-17-8-6-16(7-9-17)21(24(33)29-13-18-5-3-11-36-18)31(14-15-4-2-10-28-12-15)25(34)22-19(26)20(23(27)32)30-37-22/h2,4,6-10,12,18,21H,3,5,11,13-14,26H2,1H3,(H2,27,32)(H,29,33). The minimum Gasteiger partial charge on any atom is -0.497 e. The minimum atomic E-state index is -1.04. The van der Waals surface area contributed by atoms with Crippen molar-refractivity contribution >= 4 is 34.9 Å². The average molecular weight is 525 g/mol. The van der Waals surface area contributed by atoms with Crippen molar-refractivity contribution in [3.8, 4) is 5.75 Å². The molecule has 0 bridgehead atoms. The summed E-state index contributed by atoms with van der Waals surface area (Å²) in [5.74, 6) is -1.20. The molecule has 5 N–H and O–H groups in total. The van der Waals surface area contributed by atoms with Gasteiger partial charge in [-0.05, 0) is 53.7 Å². The first kappa shape index (κ1) is 26.0. The zero-order valence-electron chi connectivity index (χ0n) is 20.3. The number of aromatic nitrogens is 2. The van der Waals surface area contributed by atoms with Gasteiger partial charge < -0.3 is 31.2 Å². The largest absolute Gasteiger partial charge is 0.497 e. The van der Waals surface area contributed by atoms with Crippen LogP contribution in [0.4, 0.5) is 5.69 Å². The molecule has 4 rings (SSSR count). The van der Waals surface area contributed by atoms with E-state index < -0.39 is 23.8 Å². The Kier molecular flexibility index (Phi) is 8.31. The molecule has 0 spiro atoms. The number of nitrogen functional groups attached to an aromatic ring is 1. The SMILES string of the molecule is COc1ccc(C(C(=O)NCC2CCCO2)N(Cc2cccnc2)C(=O)c2snc(C(N)=O)c2N)cc1. The molecule has 0 radical (unpaired) electrons. The molecule has 11 nitrogen and oxygen atoms in total. The second kappa shape index (κ2) is 11.8. The van der Waals surface area contributed by atoms with Crippen LogP contribution in [0.1, 0.15) is 50.2 Å². The lowest BCUT2D eigenvalue weighted by Gasteiger charge is -2.31. The lowest BCUT2D eigenvalue weighted by Crippen LogP contribution is -2.45. The smallest absolute Gasteiger partial charge is 0.270 e. The third-order valence-corrected chi connectivity index (χ3v) is 6.86. The highest BCUT2D eigenvalue weighted by atomic mass is 32.1. The van der Waals surface area contributed by atoms with Gasteiger partial charge in [0.1, 0.15) is 16.7 Å². The minimum absolute atomic E-state index is 0.0168. The molecule has 1 saturated heterocycles. The monoisotopic (exact) mass is 524 g/mol. The summed E-state index contributed by atoms with van der Waals surface area (Å²) in [5, 5.41) is 2.94. The number of nitrogens with one attached hydrogen (secondary N) is 1. The number of ether oxygens (including phenoxy) is 2. The number of benzene rings is 1. The van der Waals surface area contributed by atoms with E-state index in [0.29, 0.717) is 30.0 Å². The van der Waals surface area contributed by atoms with Gasteiger partial charge in [-0.1, -0.05) is 18.2 Å². The van der Waals surface area contributed by atoms with Crippen LogP contribution in [0.15, 0.2) is 48.8 Å². The van der Waals surface area contributed by atoms with E-state index in [0.717, 1.165) is 24.4 Å². The summed E-state index contributed by atoms with van der Waals surface area (Å²) in [5.41, 5.74) is 12.4. The molecular weight excluding hydrogens is 496 g/mol. The van der Waals surface area contributed by atoms with Crippen molar-refractivity contribution < 1.29 is 23.9 Å². The van der Waals surface area contributed by atoms with E-state index in [1.165, 1.54) is 4.90 Å². The van der Waals surface area contributed by atoms with Crippen LogP contribution in [0.3, 0.4) is 0 Å². The van der Waals surface area contributed by atoms with E-state index in [-0.39, 0.29) is 28.9 Å². The van der Waals surface area contributed by atoms with E-state index in [9.17, 15) is 14.4 Å². The maximum absolute atomic E-state index is 13.9. The number of hydrogen-bond acceptors (Lipinski definition) is 9. The number of rotatable bonds is 10. The number of hydrogen-bond donors (Lipinski definition) is 3. The van der Waals surface area contributed by atoms with E-state index in [1.54, 1.807) is 55.9 Å². The van der Waals surface area contributed by atoms with Gasteiger partial charge in [-0.2, -0.15) is 4.37 Å². The quantitative estimate of drug-likeness (QED) is 0.362. The van der Waals surface area contributed by atoms with Crippen LogP contribution in [0.5, 0.6) is 5.75 Å². The Bertz CT molecular complexity index is 1240. The molecule has 3 heterocycles. The third-order valence-electron chi connectivity index (χ3n) is 6.01. The Morgan fingerprint density at radius 1 is 1.27 bits per heavy atom. The number of amides is 3. The van der Waals surface area contributed by atoms with E-state index in [2.05, 4.69) is 14.7 Å². The maximum atomic E-state index is 13.9. The molecule has 12 heteroatoms. The highest BCUT2D eigenvalue weighted by Gasteiger charge is 2.35. The first-order valence-corrected chi connectivity index (χ1v) is 12.4. The zero-order chi connectivity index (χ0) is 26.4. The van der Waals surface area contributed by atoms with Gasteiger partial charge in [0.25, 0.3) is 11.8 Å². The Morgan fingerprint density at radius 2 is 2.05 bits per heavy atom. The number of anilines is 1. The van der Waals surface area contributed by atoms with Crippen LogP contribution in [-0.4, -0.2) is 58.3 Å². The molecule has 0 saturated carbocycles. The zero-order valence-corrected chi connectivity index (χ0v) is 21.1. The number of methoxy groups -OCH3 is 1. The molecule has 2 unspecified atom stereocenters. The Labute approximate surface area is 217 Å². The Morgan fingerprint density at radius 3 is 2.65 bits per heavy atom. The predicted molar refractivity (Wildman–Crippen MR) is 137 cm³/mol. The van der Waals surface area contributed by atoms with Gasteiger partial charge in [-0.3, -0.25) is 19.4 Å². The highest BCUT2D eigenvalue weighted by molar-refractivity contribution is 7.09. The molecule has 1 aliphatic rings. The van der Waals surface area contributed by atoms with Crippen LogP contribution in [0.25, 0.3) is 0 Å². The first-order valence-electron chi connectivity index (χ1n) is 11.7. The van der Waals surface area contributed by atoms with Gasteiger partial charge in [0.05, 0.1) is 18.9 Å². The Hall–Kier alpha value is -4.03. The van der Waals surface area contributed by atoms with Crippen molar-refractivity contribution in [2.75, 3.05) is 26.0 Å². The van der Waals surface area contributed by atoms with Crippen LogP contribution >= 0.6 is 11.5 Å². The van der Waals surface area contributed by atoms with Crippen LogP contribution < -0.4 is 21.5 Å². The van der Waals surface area contributed by atoms with Crippen molar-refractivity contribution in [3.05, 3.63) is 70.5 Å². The van der Waals surface area contributed by atoms with E-state index in [4.69, 9.17) is 20.9 Å². The summed E-state index contributed by atoms with van der Waals surface area (Å²) < 4.78 is 14.9. The van der Waals surface area contributed by atoms with Gasteiger partial charge in [0, 0.05) is 32.1 Å². The molecular formula is C25H28N6O5S. The normalized spacial score (nSPS) is 15.6. The predicted octanol–water partition coefficient (Wildman–Crippen LogP) is 1.91. The van der Waals surface area contributed by atoms with Crippen molar-refractivity contribution in [1.82, 2.24) is 19.6 Å². The van der Waals surface area contributed by atoms with Crippen LogP contribution in [0, 0.1) is 0 Å². The van der Waals surface area contributed by atoms with Gasteiger partial charge in [0.15, 0.2) is 5.69 Å². The van der Waals surface area contributed by atoms with Crippen molar-refractivity contribution in [3.63, 3.8) is 0 Å². The first-order chi connectivity index (χ1) is 17.9. The summed E-state index contributed by atoms with van der Waals surface area (Å²) in [6, 6.07) is 9.38. The number of primary amides is 1. The van der Waals surface area contributed by atoms with E-state index in [1.807, 2.05) is 0 Å². The van der Waals surface area contributed by atoms with Gasteiger partial charge >= 0.3 is 0 Å². The molecule has 1 fully saturated rings. The Balaban J connectivity index is 1.75. The maximum Gasteiger partial charge on any atom is 0.270 e. The van der Waals surface area contributed by atoms with Crippen molar-refractivity contribution in [2.45, 2.75) is 31.5 Å². The lowest BCUT2D eigenvalue weighted by molar-refractivity contribution is -0.126. The number of carbonyl (C=O) groups is 3. The second-order valence-electron chi connectivity index (χ2n) is 8.49. The molecule has 194 valence electrons. The molecule has 2 aromatic heterocycles. The lowest BCUT2D eigenvalue weighted by atomic mass is 10.0. The third kappa shape index (κ3) is 6.04. The number of pyridine rings is 1. The summed E-state index contributed by atoms with van der Waals surface area (Å²) in [6.45, 7) is 1.01. The summed E-state index contributed by atoms with van der Waals surface area (Å²) in [4.78, 5) is 44.9. The molecule has 3 amide bonds. The summed E-state index contributed by atoms with van der Waals surface area (Å²) >= 11 is 0.761. The molecule has 37 heavy (non-hydrogen) atoms. The highest BCUT2D eigenvalue weighted by Crippen LogP contribution is 2.31. The second-order valence-corrected chi connectivity index (χ2v) is 9.26. The fourth-order valence-electron chi connectivity index (χ4n) is 4.10. The van der Waals surface area contributed by atoms with Crippen LogP contribution in [0.2, 0.25) is 0 Å². The average Bonchev–Trinajstić information content (AvgIpc) is 3.57. The molecule has 3 aromatic rings. The van der Waals surface area contributed by atoms with Gasteiger partial charge in [-0.15, -0.1) is 0 Å². The molecule has 1 aromatic carbocycles. The fourth-order valence-corrected chi connectivity index (χ4v) is 4.87. The fraction of sp³-hybridized carbons (Fsp3) is 0.320. The number of nitrogens with zero attached hydrogens (tertiary/aromatic N) is 3. The van der Waals surface area contributed by atoms with E-state index >= 15 is 0 Å². The van der Waals surface area contributed by atoms with Crippen molar-refractivity contribution in [2.24, 2.45) is 5.73 Å². The summed E-state index contributed by atoms with van der Waals surface area (Å²) in [7, 11) is 1.54. The number of nitrogens with two attached hydrogens (primary N) is 2. The van der Waals surface area contributed by atoms with Gasteiger partial charge in [0.2, 0.25) is 5.91 Å². The molecule has 1 aliphatic heterocycles.